The molecule has 0 aliphatic rings. The van der Waals surface area contributed by atoms with Gasteiger partial charge in [0.2, 0.25) is 10.7 Å². The van der Waals surface area contributed by atoms with Crippen LogP contribution in [0, 0.1) is 0 Å². The maximum atomic E-state index is 11.2. The molecule has 0 unspecified atom stereocenters. The molecule has 1 heterocycles. The smallest absolute Gasteiger partial charge is 0.237 e. The molecule has 0 aliphatic heterocycles. The maximum absolute atomic E-state index is 11.2. The van der Waals surface area contributed by atoms with Crippen molar-refractivity contribution in [2.45, 2.75) is 6.92 Å². The Labute approximate surface area is 162 Å². The van der Waals surface area contributed by atoms with E-state index in [2.05, 4.69) is 26.5 Å². The second-order valence-corrected chi connectivity index (χ2v) is 6.61. The number of benzene rings is 2. The van der Waals surface area contributed by atoms with Crippen molar-refractivity contribution in [3.05, 3.63) is 69.3 Å². The van der Waals surface area contributed by atoms with E-state index in [9.17, 15) is 4.79 Å². The van der Waals surface area contributed by atoms with Crippen LogP contribution in [0.15, 0.2) is 69.6 Å². The molecular weight excluding hydrogens is 454 g/mol. The van der Waals surface area contributed by atoms with E-state index in [4.69, 9.17) is 0 Å². The predicted octanol–water partition coefficient (Wildman–Crippen LogP) is 4.50. The Balaban J connectivity index is 0.00000208. The van der Waals surface area contributed by atoms with E-state index < -0.39 is 0 Å². The highest BCUT2D eigenvalue weighted by Crippen LogP contribution is 2.24. The van der Waals surface area contributed by atoms with Gasteiger partial charge in [-0.15, -0.1) is 33.4 Å². The molecule has 2 aromatic carbocycles. The molecule has 124 valence electrons. The molecule has 0 fully saturated rings. The summed E-state index contributed by atoms with van der Waals surface area (Å²) in [6, 6.07) is 18.1. The van der Waals surface area contributed by atoms with Crippen LogP contribution in [0.3, 0.4) is 0 Å². The summed E-state index contributed by atoms with van der Waals surface area (Å²) in [7, 11) is 0. The van der Waals surface area contributed by atoms with Crippen LogP contribution in [-0.2, 0) is 4.79 Å². The summed E-state index contributed by atoms with van der Waals surface area (Å²) in [6.45, 7) is 1.44. The molecule has 0 bridgehead atoms. The van der Waals surface area contributed by atoms with Crippen molar-refractivity contribution in [1.29, 1.82) is 0 Å². The minimum Gasteiger partial charge on any atom is -0.284 e. The molecule has 7 heteroatoms. The van der Waals surface area contributed by atoms with Crippen molar-refractivity contribution >= 4 is 50.2 Å². The van der Waals surface area contributed by atoms with Crippen LogP contribution < -0.4 is 10.2 Å². The fraction of sp³-hybridized carbons (Fsp3) is 0.0588. The molecule has 0 radical (unpaired) electrons. The Morgan fingerprint density at radius 2 is 1.79 bits per heavy atom. The summed E-state index contributed by atoms with van der Waals surface area (Å²) in [6.07, 6.45) is 0. The first-order valence-electron chi connectivity index (χ1n) is 6.97. The first kappa shape index (κ1) is 18.6. The number of carbonyl (C=O) groups is 1. The third kappa shape index (κ3) is 4.23. The molecule has 0 aliphatic carbocycles. The van der Waals surface area contributed by atoms with Gasteiger partial charge in [-0.3, -0.25) is 9.36 Å². The molecule has 1 aromatic heterocycles. The lowest BCUT2D eigenvalue weighted by Crippen LogP contribution is -2.21. The van der Waals surface area contributed by atoms with E-state index in [0.717, 1.165) is 21.4 Å². The van der Waals surface area contributed by atoms with Crippen LogP contribution in [0.4, 0.5) is 0 Å². The zero-order chi connectivity index (χ0) is 16.2. The van der Waals surface area contributed by atoms with Gasteiger partial charge in [-0.1, -0.05) is 46.3 Å². The Bertz CT molecular complexity index is 886. The highest BCUT2D eigenvalue weighted by atomic mass is 79.9. The topological polar surface area (TPSA) is 46.4 Å². The normalized spacial score (nSPS) is 11.0. The van der Waals surface area contributed by atoms with Gasteiger partial charge in [-0.05, 0) is 29.8 Å². The number of rotatable bonds is 3. The van der Waals surface area contributed by atoms with Crippen LogP contribution in [0.5, 0.6) is 0 Å². The second kappa shape index (κ2) is 8.41. The van der Waals surface area contributed by atoms with Gasteiger partial charge in [0.05, 0.1) is 5.69 Å². The molecule has 0 atom stereocenters. The minimum atomic E-state index is -0.191. The molecule has 1 amide bonds. The largest absolute Gasteiger partial charge is 0.284 e. The lowest BCUT2D eigenvalue weighted by atomic mass is 10.1. The zero-order valence-corrected chi connectivity index (χ0v) is 16.9. The Morgan fingerprint density at radius 3 is 2.42 bits per heavy atom. The number of thiazole rings is 1. The lowest BCUT2D eigenvalue weighted by molar-refractivity contribution is -0.119. The zero-order valence-electron chi connectivity index (χ0n) is 12.8. The van der Waals surface area contributed by atoms with Crippen molar-refractivity contribution < 1.29 is 4.79 Å². The number of aromatic nitrogens is 1. The number of halogens is 2. The van der Waals surface area contributed by atoms with Crippen LogP contribution in [0.2, 0.25) is 0 Å². The van der Waals surface area contributed by atoms with Gasteiger partial charge in [0.1, 0.15) is 0 Å². The fourth-order valence-electron chi connectivity index (χ4n) is 2.16. The van der Waals surface area contributed by atoms with Gasteiger partial charge in [0, 0.05) is 22.5 Å². The molecule has 0 spiro atoms. The molecule has 0 saturated heterocycles. The molecule has 0 saturated carbocycles. The Hall–Kier alpha value is -1.70. The fourth-order valence-corrected chi connectivity index (χ4v) is 3.29. The summed E-state index contributed by atoms with van der Waals surface area (Å²) in [4.78, 5) is 11.9. The van der Waals surface area contributed by atoms with Crippen LogP contribution in [-0.4, -0.2) is 10.5 Å². The number of para-hydroxylation sites is 1. The molecule has 3 aromatic rings. The molecule has 3 rings (SSSR count). The Morgan fingerprint density at radius 1 is 1.12 bits per heavy atom. The standard InChI is InChI=1S/C17H14BrN3OS.BrH/c1-12(22)19-20-17-21(15-5-3-2-4-6-15)16(11-23-17)13-7-9-14(18)10-8-13;/h2-11H,1H3,(H,19,22);1H/b20-17+;. The van der Waals surface area contributed by atoms with E-state index in [-0.39, 0.29) is 22.9 Å². The number of carbonyl (C=O) groups excluding carboxylic acids is 1. The van der Waals surface area contributed by atoms with Crippen molar-refractivity contribution in [3.8, 4) is 16.9 Å². The maximum Gasteiger partial charge on any atom is 0.237 e. The summed E-state index contributed by atoms with van der Waals surface area (Å²) in [5.41, 5.74) is 5.62. The van der Waals surface area contributed by atoms with Crippen molar-refractivity contribution in [1.82, 2.24) is 9.99 Å². The van der Waals surface area contributed by atoms with Gasteiger partial charge in [-0.25, -0.2) is 5.43 Å². The number of amides is 1. The second-order valence-electron chi connectivity index (χ2n) is 4.86. The van der Waals surface area contributed by atoms with E-state index in [1.807, 2.05) is 64.5 Å². The van der Waals surface area contributed by atoms with Gasteiger partial charge in [-0.2, -0.15) is 0 Å². The summed E-state index contributed by atoms with van der Waals surface area (Å²) in [5.74, 6) is -0.191. The van der Waals surface area contributed by atoms with Gasteiger partial charge in [0.15, 0.2) is 0 Å². The van der Waals surface area contributed by atoms with Crippen molar-refractivity contribution in [2.24, 2.45) is 5.10 Å². The number of hydrogen-bond acceptors (Lipinski definition) is 3. The van der Waals surface area contributed by atoms with Crippen LogP contribution in [0.25, 0.3) is 16.9 Å². The van der Waals surface area contributed by atoms with Crippen molar-refractivity contribution in [2.75, 3.05) is 0 Å². The van der Waals surface area contributed by atoms with E-state index in [1.54, 1.807) is 0 Å². The van der Waals surface area contributed by atoms with Crippen LogP contribution in [0.1, 0.15) is 6.92 Å². The summed E-state index contributed by atoms with van der Waals surface area (Å²) >= 11 is 4.94. The average Bonchev–Trinajstić information content (AvgIpc) is 2.98. The quantitative estimate of drug-likeness (QED) is 0.565. The van der Waals surface area contributed by atoms with Crippen LogP contribution >= 0.6 is 44.2 Å². The van der Waals surface area contributed by atoms with Gasteiger partial charge < -0.3 is 0 Å². The third-order valence-electron chi connectivity index (χ3n) is 3.17. The highest BCUT2D eigenvalue weighted by Gasteiger charge is 2.10. The van der Waals surface area contributed by atoms with E-state index in [1.165, 1.54) is 18.3 Å². The lowest BCUT2D eigenvalue weighted by Gasteiger charge is -2.09. The number of nitrogens with zero attached hydrogens (tertiary/aromatic N) is 2. The monoisotopic (exact) mass is 467 g/mol. The number of hydrogen-bond donors (Lipinski definition) is 1. The molecule has 4 nitrogen and oxygen atoms in total. The van der Waals surface area contributed by atoms with Crippen molar-refractivity contribution in [3.63, 3.8) is 0 Å². The van der Waals surface area contributed by atoms with Gasteiger partial charge in [0.25, 0.3) is 0 Å². The molecule has 24 heavy (non-hydrogen) atoms. The summed E-state index contributed by atoms with van der Waals surface area (Å²) in [5, 5.41) is 6.26. The van der Waals surface area contributed by atoms with E-state index in [0.29, 0.717) is 4.80 Å². The molecular formula is C17H15Br2N3OS. The summed E-state index contributed by atoms with van der Waals surface area (Å²) < 4.78 is 3.06. The minimum absolute atomic E-state index is 0. The predicted molar refractivity (Wildman–Crippen MR) is 106 cm³/mol. The molecule has 1 N–H and O–H groups in total. The SMILES string of the molecule is Br.CC(=O)N/N=c1/scc(-c2ccc(Br)cc2)n1-c1ccccc1. The number of nitrogens with one attached hydrogen (secondary N) is 1. The van der Waals surface area contributed by atoms with Gasteiger partial charge >= 0.3 is 0 Å². The average molecular weight is 469 g/mol. The highest BCUT2D eigenvalue weighted by molar-refractivity contribution is 9.10. The Kier molecular flexibility index (Phi) is 6.53. The first-order valence-corrected chi connectivity index (χ1v) is 8.64. The first-order chi connectivity index (χ1) is 11.1. The third-order valence-corrected chi connectivity index (χ3v) is 4.53. The van der Waals surface area contributed by atoms with E-state index >= 15 is 0 Å².